The molecule has 2 aromatic heterocycles. The van der Waals surface area contributed by atoms with Gasteiger partial charge in [0.1, 0.15) is 11.3 Å². The van der Waals surface area contributed by atoms with Gasteiger partial charge in [-0.3, -0.25) is 0 Å². The molecule has 16 heavy (non-hydrogen) atoms. The Bertz CT molecular complexity index is 711. The highest BCUT2D eigenvalue weighted by atomic mass is 79.9. The molecule has 1 aromatic carbocycles. The van der Waals surface area contributed by atoms with E-state index in [1.807, 2.05) is 18.2 Å². The molecular weight excluding hydrogens is 272 g/mol. The van der Waals surface area contributed by atoms with Crippen LogP contribution in [0.2, 0.25) is 0 Å². The highest BCUT2D eigenvalue weighted by molar-refractivity contribution is 9.10. The fourth-order valence-corrected chi connectivity index (χ4v) is 2.23. The molecule has 0 saturated heterocycles. The van der Waals surface area contributed by atoms with Crippen molar-refractivity contribution in [3.63, 3.8) is 0 Å². The third kappa shape index (κ3) is 1.25. The summed E-state index contributed by atoms with van der Waals surface area (Å²) in [5.41, 5.74) is 1.92. The van der Waals surface area contributed by atoms with Gasteiger partial charge in [-0.2, -0.15) is 0 Å². The molecule has 5 heteroatoms. The van der Waals surface area contributed by atoms with Crippen molar-refractivity contribution in [2.45, 2.75) is 0 Å². The molecule has 80 valence electrons. The molecule has 0 aliphatic rings. The maximum absolute atomic E-state index is 10.8. The van der Waals surface area contributed by atoms with Gasteiger partial charge in [-0.05, 0) is 18.2 Å². The van der Waals surface area contributed by atoms with Crippen LogP contribution in [0.4, 0.5) is 0 Å². The minimum absolute atomic E-state index is 0.200. The first-order valence-corrected chi connectivity index (χ1v) is 5.48. The lowest BCUT2D eigenvalue weighted by Crippen LogP contribution is -1.95. The molecule has 0 fully saturated rings. The van der Waals surface area contributed by atoms with E-state index >= 15 is 0 Å². The lowest BCUT2D eigenvalue weighted by atomic mass is 10.2. The monoisotopic (exact) mass is 278 g/mol. The highest BCUT2D eigenvalue weighted by Gasteiger charge is 2.11. The SMILES string of the molecule is O=C(O)c1cc2c([nH]1)[nH]c1cc(Br)ccc12. The molecule has 0 bridgehead atoms. The smallest absolute Gasteiger partial charge is 0.352 e. The Balaban J connectivity index is 2.38. The fourth-order valence-electron chi connectivity index (χ4n) is 1.87. The molecule has 0 aliphatic carbocycles. The van der Waals surface area contributed by atoms with Gasteiger partial charge in [0.05, 0.1) is 0 Å². The number of fused-ring (bicyclic) bond motifs is 3. The third-order valence-corrected chi connectivity index (χ3v) is 3.07. The average molecular weight is 279 g/mol. The Morgan fingerprint density at radius 3 is 2.75 bits per heavy atom. The zero-order valence-electron chi connectivity index (χ0n) is 8.04. The van der Waals surface area contributed by atoms with Crippen LogP contribution in [-0.4, -0.2) is 21.0 Å². The van der Waals surface area contributed by atoms with Crippen molar-refractivity contribution in [2.24, 2.45) is 0 Å². The second-order valence-electron chi connectivity index (χ2n) is 3.59. The van der Waals surface area contributed by atoms with Gasteiger partial charge in [-0.1, -0.05) is 22.0 Å². The van der Waals surface area contributed by atoms with Crippen LogP contribution in [0.5, 0.6) is 0 Å². The Morgan fingerprint density at radius 2 is 2.00 bits per heavy atom. The summed E-state index contributed by atoms with van der Waals surface area (Å²) >= 11 is 3.39. The quantitative estimate of drug-likeness (QED) is 0.640. The topological polar surface area (TPSA) is 68.9 Å². The number of carbonyl (C=O) groups is 1. The molecule has 0 spiro atoms. The fraction of sp³-hybridized carbons (Fsp3) is 0. The molecule has 3 aromatic rings. The van der Waals surface area contributed by atoms with Gasteiger partial charge in [0.25, 0.3) is 0 Å². The van der Waals surface area contributed by atoms with Gasteiger partial charge in [-0.15, -0.1) is 0 Å². The van der Waals surface area contributed by atoms with Crippen LogP contribution in [0.25, 0.3) is 21.9 Å². The summed E-state index contributed by atoms with van der Waals surface area (Å²) in [5, 5.41) is 10.8. The number of benzene rings is 1. The van der Waals surface area contributed by atoms with Gasteiger partial charge in [0.2, 0.25) is 0 Å². The number of carboxylic acids is 1. The Morgan fingerprint density at radius 1 is 1.19 bits per heavy atom. The van der Waals surface area contributed by atoms with Crippen LogP contribution in [0, 0.1) is 0 Å². The summed E-state index contributed by atoms with van der Waals surface area (Å²) in [6.07, 6.45) is 0. The van der Waals surface area contributed by atoms with Crippen molar-refractivity contribution >= 4 is 43.8 Å². The number of nitrogens with one attached hydrogen (secondary N) is 2. The van der Waals surface area contributed by atoms with Crippen molar-refractivity contribution in [2.75, 3.05) is 0 Å². The van der Waals surface area contributed by atoms with E-state index in [1.54, 1.807) is 6.07 Å². The molecular formula is C11H7BrN2O2. The first kappa shape index (κ1) is 9.47. The molecule has 0 amide bonds. The number of aromatic carboxylic acids is 1. The van der Waals surface area contributed by atoms with Crippen molar-refractivity contribution in [1.29, 1.82) is 0 Å². The van der Waals surface area contributed by atoms with E-state index < -0.39 is 5.97 Å². The summed E-state index contributed by atoms with van der Waals surface area (Å²) < 4.78 is 0.988. The third-order valence-electron chi connectivity index (χ3n) is 2.58. The van der Waals surface area contributed by atoms with Crippen LogP contribution >= 0.6 is 15.9 Å². The normalized spacial score (nSPS) is 11.3. The lowest BCUT2D eigenvalue weighted by Gasteiger charge is -1.91. The Kier molecular flexibility index (Phi) is 1.85. The van der Waals surface area contributed by atoms with Crippen LogP contribution in [0.3, 0.4) is 0 Å². The second-order valence-corrected chi connectivity index (χ2v) is 4.51. The maximum Gasteiger partial charge on any atom is 0.352 e. The largest absolute Gasteiger partial charge is 0.477 e. The zero-order valence-corrected chi connectivity index (χ0v) is 9.63. The number of aromatic nitrogens is 2. The second kappa shape index (κ2) is 3.12. The number of rotatable bonds is 1. The molecule has 3 N–H and O–H groups in total. The summed E-state index contributed by atoms with van der Waals surface area (Å²) in [5.74, 6) is -0.949. The number of hydrogen-bond acceptors (Lipinski definition) is 1. The Hall–Kier alpha value is -1.75. The van der Waals surface area contributed by atoms with E-state index in [4.69, 9.17) is 5.11 Å². The summed E-state index contributed by atoms with van der Waals surface area (Å²) in [6.45, 7) is 0. The van der Waals surface area contributed by atoms with E-state index in [9.17, 15) is 4.79 Å². The first-order chi connectivity index (χ1) is 7.65. The van der Waals surface area contributed by atoms with Crippen LogP contribution in [0.15, 0.2) is 28.7 Å². The molecule has 0 atom stereocenters. The standard InChI is InChI=1S/C11H7BrN2O2/c12-5-1-2-6-7-4-9(11(15)16)14-10(7)13-8(6)3-5/h1-4,13-14H,(H,15,16). The van der Waals surface area contributed by atoms with E-state index in [0.717, 1.165) is 26.4 Å². The van der Waals surface area contributed by atoms with E-state index in [2.05, 4.69) is 25.9 Å². The van der Waals surface area contributed by atoms with Gasteiger partial charge >= 0.3 is 5.97 Å². The number of halogens is 1. The van der Waals surface area contributed by atoms with Gasteiger partial charge in [0.15, 0.2) is 0 Å². The number of aromatic amines is 2. The van der Waals surface area contributed by atoms with Crippen LogP contribution in [0.1, 0.15) is 10.5 Å². The molecule has 0 saturated carbocycles. The Labute approximate surface area is 98.4 Å². The molecule has 0 radical (unpaired) electrons. The van der Waals surface area contributed by atoms with Gasteiger partial charge in [-0.25, -0.2) is 4.79 Å². The zero-order chi connectivity index (χ0) is 11.3. The summed E-state index contributed by atoms with van der Waals surface area (Å²) in [6, 6.07) is 7.49. The van der Waals surface area contributed by atoms with Gasteiger partial charge in [0, 0.05) is 20.8 Å². The lowest BCUT2D eigenvalue weighted by molar-refractivity contribution is 0.0691. The van der Waals surface area contributed by atoms with Crippen molar-refractivity contribution in [3.05, 3.63) is 34.4 Å². The molecule has 2 heterocycles. The van der Waals surface area contributed by atoms with Gasteiger partial charge < -0.3 is 15.1 Å². The summed E-state index contributed by atoms with van der Waals surface area (Å²) in [7, 11) is 0. The molecule has 4 nitrogen and oxygen atoms in total. The van der Waals surface area contributed by atoms with Crippen molar-refractivity contribution in [1.82, 2.24) is 9.97 Å². The van der Waals surface area contributed by atoms with Crippen LogP contribution < -0.4 is 0 Å². The highest BCUT2D eigenvalue weighted by Crippen LogP contribution is 2.28. The van der Waals surface area contributed by atoms with E-state index in [0.29, 0.717) is 0 Å². The average Bonchev–Trinajstić information content (AvgIpc) is 2.73. The number of H-pyrrole nitrogens is 2. The van der Waals surface area contributed by atoms with E-state index in [1.165, 1.54) is 0 Å². The first-order valence-electron chi connectivity index (χ1n) is 4.68. The minimum atomic E-state index is -0.949. The molecule has 3 rings (SSSR count). The predicted octanol–water partition coefficient (Wildman–Crippen LogP) is 3.11. The number of carboxylic acid groups (broad SMARTS) is 1. The molecule has 0 unspecified atom stereocenters. The van der Waals surface area contributed by atoms with Crippen molar-refractivity contribution in [3.8, 4) is 0 Å². The van der Waals surface area contributed by atoms with Crippen molar-refractivity contribution < 1.29 is 9.90 Å². The minimum Gasteiger partial charge on any atom is -0.477 e. The molecule has 0 aliphatic heterocycles. The maximum atomic E-state index is 10.8. The summed E-state index contributed by atoms with van der Waals surface area (Å²) in [4.78, 5) is 16.8. The number of hydrogen-bond donors (Lipinski definition) is 3. The predicted molar refractivity (Wildman–Crippen MR) is 64.8 cm³/mol. The van der Waals surface area contributed by atoms with Crippen LogP contribution in [-0.2, 0) is 0 Å². The van der Waals surface area contributed by atoms with E-state index in [-0.39, 0.29) is 5.69 Å².